The van der Waals surface area contributed by atoms with E-state index in [2.05, 4.69) is 15.6 Å². The predicted octanol–water partition coefficient (Wildman–Crippen LogP) is 3.04. The molecule has 0 aliphatic heterocycles. The highest BCUT2D eigenvalue weighted by Gasteiger charge is 2.11. The minimum atomic E-state index is -0.832. The van der Waals surface area contributed by atoms with Crippen molar-refractivity contribution < 1.29 is 13.6 Å². The van der Waals surface area contributed by atoms with E-state index in [-0.39, 0.29) is 11.4 Å². The molecule has 0 spiro atoms. The molecule has 0 unspecified atom stereocenters. The highest BCUT2D eigenvalue weighted by molar-refractivity contribution is 6.03. The van der Waals surface area contributed by atoms with E-state index in [0.29, 0.717) is 18.4 Å². The molecular weight excluding hydrogens is 264 g/mol. The molecule has 0 aliphatic carbocycles. The largest absolute Gasteiger partial charge is 0.370 e. The molecule has 0 fully saturated rings. The fraction of sp³-hybridized carbons (Fsp3) is 0.143. The maximum absolute atomic E-state index is 13.4. The molecule has 1 amide bonds. The van der Waals surface area contributed by atoms with Gasteiger partial charge < -0.3 is 10.6 Å². The van der Waals surface area contributed by atoms with E-state index in [1.54, 1.807) is 12.1 Å². The molecule has 0 radical (unpaired) electrons. The van der Waals surface area contributed by atoms with Gasteiger partial charge in [-0.05, 0) is 31.2 Å². The number of anilines is 2. The zero-order valence-electron chi connectivity index (χ0n) is 10.8. The highest BCUT2D eigenvalue weighted by atomic mass is 19.1. The van der Waals surface area contributed by atoms with E-state index in [1.165, 1.54) is 6.07 Å². The summed E-state index contributed by atoms with van der Waals surface area (Å²) in [4.78, 5) is 16.0. The fourth-order valence-corrected chi connectivity index (χ4v) is 1.62. The van der Waals surface area contributed by atoms with Crippen molar-refractivity contribution in [2.45, 2.75) is 6.92 Å². The minimum Gasteiger partial charge on any atom is -0.370 e. The number of benzene rings is 1. The number of amides is 1. The number of hydrogen-bond acceptors (Lipinski definition) is 3. The Labute approximate surface area is 114 Å². The number of carbonyl (C=O) groups is 1. The van der Waals surface area contributed by atoms with Crippen molar-refractivity contribution >= 4 is 17.4 Å². The van der Waals surface area contributed by atoms with Gasteiger partial charge in [0.15, 0.2) is 0 Å². The van der Waals surface area contributed by atoms with Crippen LogP contribution in [0.4, 0.5) is 20.3 Å². The average molecular weight is 277 g/mol. The molecule has 1 aromatic heterocycles. The molecule has 0 saturated carbocycles. The van der Waals surface area contributed by atoms with E-state index in [1.807, 2.05) is 6.92 Å². The Bertz CT molecular complexity index is 632. The SMILES string of the molecule is CCNc1cccc(C(=O)Nc2ccc(F)cc2F)n1. The van der Waals surface area contributed by atoms with Gasteiger partial charge in [-0.25, -0.2) is 13.8 Å². The molecule has 0 aliphatic rings. The summed E-state index contributed by atoms with van der Waals surface area (Å²) in [5.41, 5.74) is 0.0548. The van der Waals surface area contributed by atoms with Gasteiger partial charge in [0.2, 0.25) is 0 Å². The highest BCUT2D eigenvalue weighted by Crippen LogP contribution is 2.16. The van der Waals surface area contributed by atoms with Crippen LogP contribution >= 0.6 is 0 Å². The molecule has 0 bridgehead atoms. The van der Waals surface area contributed by atoms with Crippen LogP contribution in [-0.4, -0.2) is 17.4 Å². The van der Waals surface area contributed by atoms with E-state index >= 15 is 0 Å². The summed E-state index contributed by atoms with van der Waals surface area (Å²) in [6.07, 6.45) is 0. The Kier molecular flexibility index (Phi) is 4.24. The Morgan fingerprint density at radius 1 is 1.25 bits per heavy atom. The topological polar surface area (TPSA) is 54.0 Å². The zero-order valence-corrected chi connectivity index (χ0v) is 10.8. The molecule has 0 saturated heterocycles. The number of rotatable bonds is 4. The summed E-state index contributed by atoms with van der Waals surface area (Å²) in [5, 5.41) is 5.32. The third-order valence-electron chi connectivity index (χ3n) is 2.52. The molecule has 1 heterocycles. The van der Waals surface area contributed by atoms with E-state index in [4.69, 9.17) is 0 Å². The zero-order chi connectivity index (χ0) is 14.5. The van der Waals surface area contributed by atoms with Crippen molar-refractivity contribution in [3.05, 3.63) is 53.7 Å². The first-order valence-corrected chi connectivity index (χ1v) is 6.07. The van der Waals surface area contributed by atoms with Gasteiger partial charge in [0.1, 0.15) is 23.1 Å². The molecule has 4 nitrogen and oxygen atoms in total. The van der Waals surface area contributed by atoms with Gasteiger partial charge in [-0.15, -0.1) is 0 Å². The number of nitrogens with one attached hydrogen (secondary N) is 2. The Balaban J connectivity index is 2.17. The number of carbonyl (C=O) groups excluding carboxylic acids is 1. The second-order valence-electron chi connectivity index (χ2n) is 4.02. The van der Waals surface area contributed by atoms with E-state index in [9.17, 15) is 13.6 Å². The van der Waals surface area contributed by atoms with Gasteiger partial charge in [-0.3, -0.25) is 4.79 Å². The van der Waals surface area contributed by atoms with Gasteiger partial charge in [0.25, 0.3) is 5.91 Å². The molecular formula is C14H13F2N3O. The second-order valence-corrected chi connectivity index (χ2v) is 4.02. The molecule has 0 atom stereocenters. The Morgan fingerprint density at radius 2 is 2.05 bits per heavy atom. The van der Waals surface area contributed by atoms with Crippen LogP contribution < -0.4 is 10.6 Å². The van der Waals surface area contributed by atoms with Gasteiger partial charge in [0, 0.05) is 12.6 Å². The quantitative estimate of drug-likeness (QED) is 0.903. The second kappa shape index (κ2) is 6.10. The van der Waals surface area contributed by atoms with Crippen LogP contribution in [0.3, 0.4) is 0 Å². The summed E-state index contributed by atoms with van der Waals surface area (Å²) in [5.74, 6) is -1.54. The lowest BCUT2D eigenvalue weighted by Gasteiger charge is -2.07. The molecule has 20 heavy (non-hydrogen) atoms. The van der Waals surface area contributed by atoms with E-state index < -0.39 is 17.5 Å². The summed E-state index contributed by atoms with van der Waals surface area (Å²) >= 11 is 0. The van der Waals surface area contributed by atoms with Crippen molar-refractivity contribution in [3.63, 3.8) is 0 Å². The molecule has 1 aromatic carbocycles. The Hall–Kier alpha value is -2.50. The van der Waals surface area contributed by atoms with Crippen LogP contribution in [-0.2, 0) is 0 Å². The molecule has 2 rings (SSSR count). The van der Waals surface area contributed by atoms with Gasteiger partial charge in [-0.2, -0.15) is 0 Å². The van der Waals surface area contributed by atoms with Crippen molar-refractivity contribution in [2.24, 2.45) is 0 Å². The normalized spacial score (nSPS) is 10.2. The fourth-order valence-electron chi connectivity index (χ4n) is 1.62. The molecule has 6 heteroatoms. The summed E-state index contributed by atoms with van der Waals surface area (Å²) in [6.45, 7) is 2.58. The number of nitrogens with zero attached hydrogens (tertiary/aromatic N) is 1. The van der Waals surface area contributed by atoms with Crippen molar-refractivity contribution in [2.75, 3.05) is 17.2 Å². The standard InChI is InChI=1S/C14H13F2N3O/c1-2-17-13-5-3-4-12(18-13)14(20)19-11-7-6-9(15)8-10(11)16/h3-8H,2H2,1H3,(H,17,18)(H,19,20). The molecule has 2 N–H and O–H groups in total. The van der Waals surface area contributed by atoms with Gasteiger partial charge in [-0.1, -0.05) is 6.07 Å². The summed E-state index contributed by atoms with van der Waals surface area (Å²) in [6, 6.07) is 7.84. The maximum Gasteiger partial charge on any atom is 0.274 e. The van der Waals surface area contributed by atoms with Crippen molar-refractivity contribution in [1.29, 1.82) is 0 Å². The van der Waals surface area contributed by atoms with E-state index in [0.717, 1.165) is 12.1 Å². The number of pyridine rings is 1. The summed E-state index contributed by atoms with van der Waals surface area (Å²) < 4.78 is 26.2. The minimum absolute atomic E-state index is 0.0907. The lowest BCUT2D eigenvalue weighted by atomic mass is 10.2. The number of hydrogen-bond donors (Lipinski definition) is 2. The molecule has 2 aromatic rings. The van der Waals surface area contributed by atoms with Gasteiger partial charge in [0.05, 0.1) is 5.69 Å². The van der Waals surface area contributed by atoms with Crippen molar-refractivity contribution in [3.8, 4) is 0 Å². The third-order valence-corrected chi connectivity index (χ3v) is 2.52. The number of aromatic nitrogens is 1. The van der Waals surface area contributed by atoms with Crippen LogP contribution in [0.5, 0.6) is 0 Å². The molecule has 104 valence electrons. The van der Waals surface area contributed by atoms with Crippen LogP contribution in [0.1, 0.15) is 17.4 Å². The average Bonchev–Trinajstić information content (AvgIpc) is 2.42. The first-order chi connectivity index (χ1) is 9.60. The van der Waals surface area contributed by atoms with Gasteiger partial charge >= 0.3 is 0 Å². The monoisotopic (exact) mass is 277 g/mol. The van der Waals surface area contributed by atoms with Crippen LogP contribution in [0.25, 0.3) is 0 Å². The number of halogens is 2. The first-order valence-electron chi connectivity index (χ1n) is 6.07. The lowest BCUT2D eigenvalue weighted by Crippen LogP contribution is -2.15. The van der Waals surface area contributed by atoms with Crippen LogP contribution in [0.2, 0.25) is 0 Å². The van der Waals surface area contributed by atoms with Crippen LogP contribution in [0.15, 0.2) is 36.4 Å². The van der Waals surface area contributed by atoms with Crippen LogP contribution in [0, 0.1) is 11.6 Å². The predicted molar refractivity (Wildman–Crippen MR) is 72.7 cm³/mol. The maximum atomic E-state index is 13.4. The summed E-state index contributed by atoms with van der Waals surface area (Å²) in [7, 11) is 0. The third kappa shape index (κ3) is 3.28. The Morgan fingerprint density at radius 3 is 2.75 bits per heavy atom. The lowest BCUT2D eigenvalue weighted by molar-refractivity contribution is 0.102. The first kappa shape index (κ1) is 13.9. The smallest absolute Gasteiger partial charge is 0.274 e. The van der Waals surface area contributed by atoms with Crippen molar-refractivity contribution in [1.82, 2.24) is 4.98 Å².